The molecule has 0 saturated carbocycles. The second-order valence-electron chi connectivity index (χ2n) is 4.41. The monoisotopic (exact) mass is 241 g/mol. The molecule has 0 aromatic heterocycles. The van der Waals surface area contributed by atoms with Gasteiger partial charge in [0.15, 0.2) is 0 Å². The minimum absolute atomic E-state index is 0.329. The second kappa shape index (κ2) is 5.54. The third kappa shape index (κ3) is 2.62. The van der Waals surface area contributed by atoms with Crippen molar-refractivity contribution in [3.63, 3.8) is 0 Å². The van der Waals surface area contributed by atoms with Crippen molar-refractivity contribution in [3.8, 4) is 0 Å². The van der Waals surface area contributed by atoms with Crippen molar-refractivity contribution in [3.05, 3.63) is 54.3 Å². The summed E-state index contributed by atoms with van der Waals surface area (Å²) in [7, 11) is 0. The van der Waals surface area contributed by atoms with Gasteiger partial charge in [-0.1, -0.05) is 37.3 Å². The van der Waals surface area contributed by atoms with Crippen LogP contribution < -0.4 is 10.5 Å². The molecule has 0 spiro atoms. The van der Waals surface area contributed by atoms with Gasteiger partial charge in [0, 0.05) is 11.6 Å². The Bertz CT molecular complexity index is 486. The van der Waals surface area contributed by atoms with Gasteiger partial charge in [0.1, 0.15) is 0 Å². The van der Waals surface area contributed by atoms with Gasteiger partial charge in [0.25, 0.3) is 0 Å². The van der Waals surface area contributed by atoms with Crippen molar-refractivity contribution in [2.24, 2.45) is 11.0 Å². The number of hydrazone groups is 1. The second-order valence-corrected chi connectivity index (χ2v) is 4.41. The zero-order chi connectivity index (χ0) is 13.0. The van der Waals surface area contributed by atoms with Crippen LogP contribution in [0, 0.1) is 5.92 Å². The molecule has 1 atom stereocenters. The predicted octanol–water partition coefficient (Wildman–Crippen LogP) is 3.48. The van der Waals surface area contributed by atoms with E-state index in [1.165, 1.54) is 0 Å². The molecule has 1 aliphatic rings. The molecule has 1 aromatic rings. The summed E-state index contributed by atoms with van der Waals surface area (Å²) in [6.45, 7) is 6.25. The summed E-state index contributed by atoms with van der Waals surface area (Å²) in [6, 6.07) is 10.2. The molecule has 0 saturated heterocycles. The molecular weight excluding hydrogens is 222 g/mol. The molecule has 1 heterocycles. The summed E-state index contributed by atoms with van der Waals surface area (Å²) in [6.07, 6.45) is 6.32. The molecule has 1 aliphatic heterocycles. The molecule has 2 rings (SSSR count). The largest absolute Gasteiger partial charge is 0.245 e. The summed E-state index contributed by atoms with van der Waals surface area (Å²) < 4.78 is 0. The van der Waals surface area contributed by atoms with Gasteiger partial charge in [-0.05, 0) is 32.1 Å². The SMILES string of the molecule is C/C=C\C(C)C1=NNN(c2ccccc2)C(C)=C1. The van der Waals surface area contributed by atoms with E-state index in [0.29, 0.717) is 5.92 Å². The average Bonchev–Trinajstić information content (AvgIpc) is 2.40. The van der Waals surface area contributed by atoms with Crippen LogP contribution in [0.5, 0.6) is 0 Å². The number of allylic oxidation sites excluding steroid dienone is 4. The van der Waals surface area contributed by atoms with Gasteiger partial charge in [-0.25, -0.2) is 10.5 Å². The van der Waals surface area contributed by atoms with E-state index in [9.17, 15) is 0 Å². The molecule has 3 heteroatoms. The van der Waals surface area contributed by atoms with Gasteiger partial charge >= 0.3 is 0 Å². The zero-order valence-corrected chi connectivity index (χ0v) is 11.1. The van der Waals surface area contributed by atoms with E-state index < -0.39 is 0 Å². The van der Waals surface area contributed by atoms with Crippen molar-refractivity contribution in [1.82, 2.24) is 5.53 Å². The van der Waals surface area contributed by atoms with Gasteiger partial charge in [0.05, 0.1) is 11.4 Å². The lowest BCUT2D eigenvalue weighted by Gasteiger charge is -2.28. The Morgan fingerprint density at radius 2 is 2.00 bits per heavy atom. The summed E-state index contributed by atoms with van der Waals surface area (Å²) in [4.78, 5) is 0. The molecule has 0 amide bonds. The number of benzene rings is 1. The zero-order valence-electron chi connectivity index (χ0n) is 11.1. The Balaban J connectivity index is 2.17. The highest BCUT2D eigenvalue weighted by Gasteiger charge is 2.15. The molecule has 0 bridgehead atoms. The highest BCUT2D eigenvalue weighted by molar-refractivity contribution is 5.99. The van der Waals surface area contributed by atoms with Crippen LogP contribution in [-0.4, -0.2) is 5.71 Å². The lowest BCUT2D eigenvalue weighted by Crippen LogP contribution is -2.37. The Morgan fingerprint density at radius 3 is 2.61 bits per heavy atom. The first-order valence-electron chi connectivity index (χ1n) is 6.22. The number of para-hydroxylation sites is 1. The van der Waals surface area contributed by atoms with Crippen molar-refractivity contribution < 1.29 is 0 Å². The smallest absolute Gasteiger partial charge is 0.0707 e. The molecule has 0 radical (unpaired) electrons. The first kappa shape index (κ1) is 12.4. The first-order chi connectivity index (χ1) is 8.72. The summed E-state index contributed by atoms with van der Waals surface area (Å²) in [5.74, 6) is 0.329. The number of anilines is 1. The average molecular weight is 241 g/mol. The fourth-order valence-corrected chi connectivity index (χ4v) is 1.96. The maximum Gasteiger partial charge on any atom is 0.0707 e. The normalized spacial score (nSPS) is 17.2. The number of hydrazine groups is 1. The van der Waals surface area contributed by atoms with Crippen LogP contribution >= 0.6 is 0 Å². The van der Waals surface area contributed by atoms with E-state index in [1.807, 2.05) is 30.1 Å². The van der Waals surface area contributed by atoms with E-state index in [2.05, 4.69) is 54.8 Å². The molecule has 1 N–H and O–H groups in total. The first-order valence-corrected chi connectivity index (χ1v) is 6.22. The topological polar surface area (TPSA) is 27.6 Å². The van der Waals surface area contributed by atoms with E-state index in [4.69, 9.17) is 0 Å². The Morgan fingerprint density at radius 1 is 1.28 bits per heavy atom. The van der Waals surface area contributed by atoms with Gasteiger partial charge in [-0.3, -0.25) is 0 Å². The van der Waals surface area contributed by atoms with Crippen LogP contribution in [0.1, 0.15) is 20.8 Å². The molecule has 18 heavy (non-hydrogen) atoms. The quantitative estimate of drug-likeness (QED) is 0.820. The van der Waals surface area contributed by atoms with Gasteiger partial charge in [-0.2, -0.15) is 5.10 Å². The minimum Gasteiger partial charge on any atom is -0.245 e. The van der Waals surface area contributed by atoms with Crippen LogP contribution in [-0.2, 0) is 0 Å². The molecule has 0 aliphatic carbocycles. The molecular formula is C15H19N3. The standard InChI is InChI=1S/C15H19N3/c1-4-8-12(2)15-11-13(3)18(17-16-15)14-9-6-5-7-10-14/h4-12,17H,1-3H3/b8-4-. The highest BCUT2D eigenvalue weighted by Crippen LogP contribution is 2.19. The molecule has 1 aromatic carbocycles. The van der Waals surface area contributed by atoms with E-state index in [1.54, 1.807) is 0 Å². The Kier molecular flexibility index (Phi) is 3.82. The van der Waals surface area contributed by atoms with Crippen LogP contribution in [0.2, 0.25) is 0 Å². The maximum atomic E-state index is 4.42. The van der Waals surface area contributed by atoms with Crippen LogP contribution in [0.3, 0.4) is 0 Å². The third-order valence-corrected chi connectivity index (χ3v) is 2.95. The van der Waals surface area contributed by atoms with E-state index >= 15 is 0 Å². The van der Waals surface area contributed by atoms with Crippen molar-refractivity contribution in [2.45, 2.75) is 20.8 Å². The Labute approximate surface area is 108 Å². The van der Waals surface area contributed by atoms with Crippen LogP contribution in [0.25, 0.3) is 0 Å². The van der Waals surface area contributed by atoms with Crippen LogP contribution in [0.15, 0.2) is 59.4 Å². The highest BCUT2D eigenvalue weighted by atomic mass is 15.7. The molecule has 0 fully saturated rings. The lowest BCUT2D eigenvalue weighted by atomic mass is 10.0. The number of hydrogen-bond acceptors (Lipinski definition) is 3. The summed E-state index contributed by atoms with van der Waals surface area (Å²) >= 11 is 0. The number of nitrogens with one attached hydrogen (secondary N) is 1. The third-order valence-electron chi connectivity index (χ3n) is 2.95. The summed E-state index contributed by atoms with van der Waals surface area (Å²) in [5, 5.41) is 6.40. The van der Waals surface area contributed by atoms with Gasteiger partial charge < -0.3 is 0 Å². The van der Waals surface area contributed by atoms with E-state index in [0.717, 1.165) is 17.1 Å². The predicted molar refractivity (Wildman–Crippen MR) is 77.2 cm³/mol. The minimum atomic E-state index is 0.329. The lowest BCUT2D eigenvalue weighted by molar-refractivity contribution is 0.703. The number of nitrogens with zero attached hydrogens (tertiary/aromatic N) is 2. The molecule has 1 unspecified atom stereocenters. The fraction of sp³-hybridized carbons (Fsp3) is 0.267. The van der Waals surface area contributed by atoms with Gasteiger partial charge in [-0.15, -0.1) is 0 Å². The number of hydrogen-bond donors (Lipinski definition) is 1. The fourth-order valence-electron chi connectivity index (χ4n) is 1.96. The van der Waals surface area contributed by atoms with Crippen molar-refractivity contribution >= 4 is 11.4 Å². The van der Waals surface area contributed by atoms with E-state index in [-0.39, 0.29) is 0 Å². The maximum absolute atomic E-state index is 4.42. The summed E-state index contributed by atoms with van der Waals surface area (Å²) in [5.41, 5.74) is 6.38. The van der Waals surface area contributed by atoms with Crippen LogP contribution in [0.4, 0.5) is 5.69 Å². The number of rotatable bonds is 3. The van der Waals surface area contributed by atoms with Gasteiger partial charge in [0.2, 0.25) is 0 Å². The molecule has 94 valence electrons. The van der Waals surface area contributed by atoms with Crippen molar-refractivity contribution in [1.29, 1.82) is 0 Å². The Hall–Kier alpha value is -2.03. The molecule has 3 nitrogen and oxygen atoms in total. The van der Waals surface area contributed by atoms with Crippen molar-refractivity contribution in [2.75, 3.05) is 5.01 Å².